The summed E-state index contributed by atoms with van der Waals surface area (Å²) in [5.41, 5.74) is 0. The van der Waals surface area contributed by atoms with Crippen molar-refractivity contribution in [2.75, 3.05) is 25.7 Å². The minimum atomic E-state index is -2.87. The average molecular weight is 223 g/mol. The summed E-state index contributed by atoms with van der Waals surface area (Å²) in [5.74, 6) is 0.204. The van der Waals surface area contributed by atoms with Crippen LogP contribution in [0.25, 0.3) is 0 Å². The molecular weight excluding hydrogens is 202 g/mol. The van der Waals surface area contributed by atoms with E-state index in [1.165, 1.54) is 6.26 Å². The van der Waals surface area contributed by atoms with Crippen molar-refractivity contribution in [2.45, 2.75) is 32.4 Å². The van der Waals surface area contributed by atoms with Crippen LogP contribution in [-0.2, 0) is 14.6 Å². The second kappa shape index (κ2) is 6.37. The highest BCUT2D eigenvalue weighted by Crippen LogP contribution is 2.04. The van der Waals surface area contributed by atoms with Gasteiger partial charge in [0, 0.05) is 18.9 Å². The highest BCUT2D eigenvalue weighted by Gasteiger charge is 2.17. The summed E-state index contributed by atoms with van der Waals surface area (Å²) in [4.78, 5) is 0. The van der Waals surface area contributed by atoms with Gasteiger partial charge < -0.3 is 10.1 Å². The molecule has 0 aliphatic carbocycles. The molecule has 0 rings (SSSR count). The first-order valence-corrected chi connectivity index (χ1v) is 6.93. The molecule has 86 valence electrons. The van der Waals surface area contributed by atoms with E-state index in [1.807, 2.05) is 20.9 Å². The van der Waals surface area contributed by atoms with Gasteiger partial charge in [0.2, 0.25) is 0 Å². The maximum Gasteiger partial charge on any atom is 0.147 e. The zero-order valence-electron chi connectivity index (χ0n) is 9.41. The zero-order valence-corrected chi connectivity index (χ0v) is 10.2. The van der Waals surface area contributed by atoms with E-state index in [9.17, 15) is 8.42 Å². The Balaban J connectivity index is 4.02. The Bertz CT molecular complexity index is 238. The Labute approximate surface area is 86.9 Å². The number of hydrogen-bond donors (Lipinski definition) is 1. The number of rotatable bonds is 7. The van der Waals surface area contributed by atoms with E-state index in [4.69, 9.17) is 4.74 Å². The molecule has 0 aliphatic heterocycles. The molecule has 5 heteroatoms. The molecule has 2 unspecified atom stereocenters. The summed E-state index contributed by atoms with van der Waals surface area (Å²) in [6, 6.07) is 0.102. The zero-order chi connectivity index (χ0) is 11.2. The van der Waals surface area contributed by atoms with Crippen LogP contribution in [0.1, 0.15) is 20.3 Å². The minimum absolute atomic E-state index is 0.0479. The number of sulfone groups is 1. The largest absolute Gasteiger partial charge is 0.377 e. The molecule has 0 aromatic heterocycles. The Morgan fingerprint density at radius 2 is 2.00 bits per heavy atom. The van der Waals surface area contributed by atoms with E-state index in [1.54, 1.807) is 0 Å². The van der Waals surface area contributed by atoms with Gasteiger partial charge in [-0.3, -0.25) is 0 Å². The highest BCUT2D eigenvalue weighted by atomic mass is 32.2. The first-order chi connectivity index (χ1) is 6.40. The van der Waals surface area contributed by atoms with E-state index in [0.717, 1.165) is 0 Å². The standard InChI is InChI=1S/C9H21NO3S/c1-5-13-8(2)9(10-3)6-7-14(4,11)12/h8-10H,5-7H2,1-4H3. The summed E-state index contributed by atoms with van der Waals surface area (Å²) in [6.45, 7) is 4.53. The third-order valence-corrected chi connectivity index (χ3v) is 3.14. The number of hydrogen-bond acceptors (Lipinski definition) is 4. The second-order valence-electron chi connectivity index (χ2n) is 3.47. The molecule has 0 fully saturated rings. The van der Waals surface area contributed by atoms with Crippen molar-refractivity contribution >= 4 is 9.84 Å². The topological polar surface area (TPSA) is 55.4 Å². The molecule has 0 spiro atoms. The molecule has 0 bridgehead atoms. The molecule has 0 radical (unpaired) electrons. The molecule has 0 saturated carbocycles. The molecule has 1 N–H and O–H groups in total. The Morgan fingerprint density at radius 1 is 1.43 bits per heavy atom. The van der Waals surface area contributed by atoms with Gasteiger partial charge in [-0.1, -0.05) is 0 Å². The van der Waals surface area contributed by atoms with Gasteiger partial charge in [-0.15, -0.1) is 0 Å². The van der Waals surface area contributed by atoms with Crippen LogP contribution in [0.3, 0.4) is 0 Å². The fraction of sp³-hybridized carbons (Fsp3) is 1.00. The van der Waals surface area contributed by atoms with Crippen molar-refractivity contribution in [1.29, 1.82) is 0 Å². The first kappa shape index (κ1) is 13.9. The summed E-state index contributed by atoms with van der Waals surface area (Å²) >= 11 is 0. The Hall–Kier alpha value is -0.130. The Kier molecular flexibility index (Phi) is 6.31. The molecule has 0 aromatic carbocycles. The maximum absolute atomic E-state index is 11.0. The van der Waals surface area contributed by atoms with Crippen molar-refractivity contribution in [3.05, 3.63) is 0 Å². The quantitative estimate of drug-likeness (QED) is 0.680. The van der Waals surface area contributed by atoms with Crippen LogP contribution >= 0.6 is 0 Å². The summed E-state index contributed by atoms with van der Waals surface area (Å²) in [7, 11) is -1.05. The fourth-order valence-electron chi connectivity index (χ4n) is 1.33. The lowest BCUT2D eigenvalue weighted by atomic mass is 10.1. The lowest BCUT2D eigenvalue weighted by Crippen LogP contribution is -2.38. The predicted molar refractivity (Wildman–Crippen MR) is 58.3 cm³/mol. The summed E-state index contributed by atoms with van der Waals surface area (Å²) in [6.07, 6.45) is 1.90. The molecule has 0 aliphatic rings. The van der Waals surface area contributed by atoms with Gasteiger partial charge in [-0.2, -0.15) is 0 Å². The maximum atomic E-state index is 11.0. The normalized spacial score (nSPS) is 16.6. The third-order valence-electron chi connectivity index (χ3n) is 2.17. The number of ether oxygens (including phenoxy) is 1. The van der Waals surface area contributed by atoms with Crippen LogP contribution in [0.4, 0.5) is 0 Å². The predicted octanol–water partition coefficient (Wildman–Crippen LogP) is 0.434. The second-order valence-corrected chi connectivity index (χ2v) is 5.73. The summed E-state index contributed by atoms with van der Waals surface area (Å²) < 4.78 is 27.3. The smallest absolute Gasteiger partial charge is 0.147 e. The molecule has 0 aromatic rings. The van der Waals surface area contributed by atoms with Crippen molar-refractivity contribution < 1.29 is 13.2 Å². The van der Waals surface area contributed by atoms with Crippen molar-refractivity contribution in [3.8, 4) is 0 Å². The van der Waals surface area contributed by atoms with Crippen molar-refractivity contribution in [3.63, 3.8) is 0 Å². The Morgan fingerprint density at radius 3 is 2.36 bits per heavy atom. The SMILES string of the molecule is CCOC(C)C(CCS(C)(=O)=O)NC. The highest BCUT2D eigenvalue weighted by molar-refractivity contribution is 7.90. The van der Waals surface area contributed by atoms with E-state index >= 15 is 0 Å². The van der Waals surface area contributed by atoms with Gasteiger partial charge in [0.15, 0.2) is 0 Å². The number of nitrogens with one attached hydrogen (secondary N) is 1. The van der Waals surface area contributed by atoms with Crippen LogP contribution in [0.2, 0.25) is 0 Å². The van der Waals surface area contributed by atoms with Crippen LogP contribution in [0.5, 0.6) is 0 Å². The van der Waals surface area contributed by atoms with Crippen LogP contribution in [-0.4, -0.2) is 46.2 Å². The lowest BCUT2D eigenvalue weighted by molar-refractivity contribution is 0.0488. The van der Waals surface area contributed by atoms with Crippen LogP contribution < -0.4 is 5.32 Å². The molecular formula is C9H21NO3S. The van der Waals surface area contributed by atoms with Crippen LogP contribution in [0, 0.1) is 0 Å². The molecule has 0 saturated heterocycles. The van der Waals surface area contributed by atoms with E-state index in [0.29, 0.717) is 13.0 Å². The van der Waals surface area contributed by atoms with Gasteiger partial charge in [-0.25, -0.2) is 8.42 Å². The van der Waals surface area contributed by atoms with E-state index < -0.39 is 9.84 Å². The first-order valence-electron chi connectivity index (χ1n) is 4.87. The molecule has 0 amide bonds. The van der Waals surface area contributed by atoms with Gasteiger partial charge in [0.05, 0.1) is 11.9 Å². The fourth-order valence-corrected chi connectivity index (χ4v) is 2.02. The van der Waals surface area contributed by atoms with Crippen molar-refractivity contribution in [1.82, 2.24) is 5.32 Å². The third kappa shape index (κ3) is 6.34. The number of likely N-dealkylation sites (N-methyl/N-ethyl adjacent to an activating group) is 1. The van der Waals surface area contributed by atoms with Gasteiger partial charge in [0.1, 0.15) is 9.84 Å². The minimum Gasteiger partial charge on any atom is -0.377 e. The molecule has 14 heavy (non-hydrogen) atoms. The monoisotopic (exact) mass is 223 g/mol. The van der Waals surface area contributed by atoms with Gasteiger partial charge in [0.25, 0.3) is 0 Å². The molecule has 0 heterocycles. The summed E-state index contributed by atoms with van der Waals surface area (Å²) in [5, 5.41) is 3.07. The molecule has 2 atom stereocenters. The van der Waals surface area contributed by atoms with Crippen molar-refractivity contribution in [2.24, 2.45) is 0 Å². The van der Waals surface area contributed by atoms with E-state index in [-0.39, 0.29) is 17.9 Å². The van der Waals surface area contributed by atoms with Crippen LogP contribution in [0.15, 0.2) is 0 Å². The lowest BCUT2D eigenvalue weighted by Gasteiger charge is -2.22. The molecule has 4 nitrogen and oxygen atoms in total. The van der Waals surface area contributed by atoms with E-state index in [2.05, 4.69) is 5.32 Å². The van der Waals surface area contributed by atoms with Gasteiger partial charge >= 0.3 is 0 Å². The van der Waals surface area contributed by atoms with Gasteiger partial charge in [-0.05, 0) is 27.3 Å². The average Bonchev–Trinajstić information content (AvgIpc) is 2.03.